The first kappa shape index (κ1) is 16.4. The third-order valence-electron chi connectivity index (χ3n) is 3.55. The zero-order chi connectivity index (χ0) is 17.1. The molecular formula is C16H19N5O2S. The Bertz CT molecular complexity index is 744. The molecule has 0 saturated heterocycles. The van der Waals surface area contributed by atoms with E-state index in [9.17, 15) is 9.59 Å². The number of nitrogens with zero attached hydrogens (tertiary/aromatic N) is 3. The van der Waals surface area contributed by atoms with E-state index in [1.807, 2.05) is 13.8 Å². The molecule has 2 aromatic heterocycles. The van der Waals surface area contributed by atoms with Gasteiger partial charge >= 0.3 is 6.03 Å². The van der Waals surface area contributed by atoms with Crippen molar-refractivity contribution in [2.45, 2.75) is 32.9 Å². The fourth-order valence-electron chi connectivity index (χ4n) is 2.42. The maximum atomic E-state index is 12.1. The number of amides is 3. The Balaban J connectivity index is 1.67. The molecule has 8 heteroatoms. The first-order valence-electron chi connectivity index (χ1n) is 7.79. The predicted octanol–water partition coefficient (Wildman–Crippen LogP) is 2.27. The molecule has 0 radical (unpaired) electrons. The summed E-state index contributed by atoms with van der Waals surface area (Å²) in [5.74, 6) is -0.281. The summed E-state index contributed by atoms with van der Waals surface area (Å²) in [5.41, 5.74) is 1.30. The second-order valence-electron chi connectivity index (χ2n) is 5.83. The lowest BCUT2D eigenvalue weighted by atomic mass is 10.2. The van der Waals surface area contributed by atoms with Gasteiger partial charge in [0.2, 0.25) is 0 Å². The number of carbonyl (C=O) groups is 2. The molecule has 2 aromatic rings. The monoisotopic (exact) mass is 345 g/mol. The molecule has 3 rings (SSSR count). The van der Waals surface area contributed by atoms with Crippen LogP contribution in [0.25, 0.3) is 0 Å². The lowest BCUT2D eigenvalue weighted by Crippen LogP contribution is -2.44. The average Bonchev–Trinajstić information content (AvgIpc) is 2.96. The number of nitrogens with one attached hydrogen (secondary N) is 2. The lowest BCUT2D eigenvalue weighted by Gasteiger charge is -2.27. The van der Waals surface area contributed by atoms with Crippen LogP contribution >= 0.6 is 11.3 Å². The van der Waals surface area contributed by atoms with Crippen molar-refractivity contribution >= 4 is 28.4 Å². The van der Waals surface area contributed by atoms with Gasteiger partial charge in [-0.2, -0.15) is 0 Å². The van der Waals surface area contributed by atoms with Crippen LogP contribution in [0.3, 0.4) is 0 Å². The number of hydrogen-bond acceptors (Lipinski definition) is 5. The van der Waals surface area contributed by atoms with Gasteiger partial charge in [0, 0.05) is 30.1 Å². The summed E-state index contributed by atoms with van der Waals surface area (Å²) in [6.07, 6.45) is 2.27. The van der Waals surface area contributed by atoms with Crippen molar-refractivity contribution in [2.24, 2.45) is 0 Å². The molecule has 3 amide bonds. The molecule has 24 heavy (non-hydrogen) atoms. The van der Waals surface area contributed by atoms with Crippen molar-refractivity contribution in [1.29, 1.82) is 0 Å². The van der Waals surface area contributed by atoms with E-state index < -0.39 is 0 Å². The number of rotatable bonds is 3. The Kier molecular flexibility index (Phi) is 4.75. The molecule has 0 aliphatic carbocycles. The van der Waals surface area contributed by atoms with Gasteiger partial charge in [0.25, 0.3) is 5.91 Å². The van der Waals surface area contributed by atoms with Gasteiger partial charge in [0.15, 0.2) is 5.13 Å². The number of pyridine rings is 1. The Morgan fingerprint density at radius 3 is 2.88 bits per heavy atom. The summed E-state index contributed by atoms with van der Waals surface area (Å²) in [5, 5.41) is 6.22. The van der Waals surface area contributed by atoms with Crippen molar-refractivity contribution in [3.63, 3.8) is 0 Å². The number of hydrogen-bond donors (Lipinski definition) is 2. The normalized spacial score (nSPS) is 13.5. The summed E-state index contributed by atoms with van der Waals surface area (Å²) in [6, 6.07) is 5.22. The van der Waals surface area contributed by atoms with E-state index in [-0.39, 0.29) is 18.0 Å². The quantitative estimate of drug-likeness (QED) is 0.893. The fraction of sp³-hybridized carbons (Fsp3) is 0.375. The topological polar surface area (TPSA) is 87.2 Å². The summed E-state index contributed by atoms with van der Waals surface area (Å²) in [7, 11) is 0. The van der Waals surface area contributed by atoms with Crippen LogP contribution in [0.5, 0.6) is 0 Å². The number of aromatic nitrogens is 2. The van der Waals surface area contributed by atoms with Gasteiger partial charge in [-0.05, 0) is 26.0 Å². The summed E-state index contributed by atoms with van der Waals surface area (Å²) in [4.78, 5) is 35.5. The number of fused-ring (bicyclic) bond motifs is 1. The first-order chi connectivity index (χ1) is 11.5. The van der Waals surface area contributed by atoms with Crippen LogP contribution in [0, 0.1) is 0 Å². The van der Waals surface area contributed by atoms with Crippen LogP contribution in [-0.2, 0) is 13.0 Å². The van der Waals surface area contributed by atoms with Crippen LogP contribution < -0.4 is 10.6 Å². The van der Waals surface area contributed by atoms with Gasteiger partial charge in [-0.25, -0.2) is 9.78 Å². The molecule has 0 bridgehead atoms. The van der Waals surface area contributed by atoms with E-state index in [0.717, 1.165) is 10.6 Å². The standard InChI is InChI=1S/C16H19N5O2S/c1-10(2)18-16(23)21-8-6-11-13(9-21)24-15(19-11)20-14(22)12-5-3-4-7-17-12/h3-5,7,10H,6,8-9H2,1-2H3,(H,18,23)(H,19,20,22). The van der Waals surface area contributed by atoms with Crippen LogP contribution in [0.4, 0.5) is 9.93 Å². The van der Waals surface area contributed by atoms with E-state index in [4.69, 9.17) is 0 Å². The van der Waals surface area contributed by atoms with Gasteiger partial charge in [-0.3, -0.25) is 15.1 Å². The maximum absolute atomic E-state index is 12.1. The molecule has 0 atom stereocenters. The minimum absolute atomic E-state index is 0.0666. The van der Waals surface area contributed by atoms with E-state index in [0.29, 0.717) is 30.3 Å². The van der Waals surface area contributed by atoms with Crippen molar-refractivity contribution in [3.8, 4) is 0 Å². The van der Waals surface area contributed by atoms with E-state index in [1.165, 1.54) is 11.3 Å². The number of anilines is 1. The van der Waals surface area contributed by atoms with Crippen molar-refractivity contribution in [1.82, 2.24) is 20.2 Å². The van der Waals surface area contributed by atoms with Gasteiger partial charge < -0.3 is 10.2 Å². The largest absolute Gasteiger partial charge is 0.336 e. The molecule has 0 saturated carbocycles. The van der Waals surface area contributed by atoms with E-state index in [1.54, 1.807) is 29.3 Å². The van der Waals surface area contributed by atoms with Crippen LogP contribution in [-0.4, -0.2) is 39.4 Å². The second kappa shape index (κ2) is 6.96. The average molecular weight is 345 g/mol. The zero-order valence-corrected chi connectivity index (χ0v) is 14.4. The molecule has 2 N–H and O–H groups in total. The number of thiazole rings is 1. The fourth-order valence-corrected chi connectivity index (χ4v) is 3.44. The molecule has 0 spiro atoms. The molecule has 1 aliphatic rings. The van der Waals surface area contributed by atoms with Gasteiger partial charge in [-0.15, -0.1) is 0 Å². The highest BCUT2D eigenvalue weighted by Crippen LogP contribution is 2.28. The highest BCUT2D eigenvalue weighted by atomic mass is 32.1. The van der Waals surface area contributed by atoms with Crippen LogP contribution in [0.1, 0.15) is 34.9 Å². The van der Waals surface area contributed by atoms with Crippen LogP contribution in [0.15, 0.2) is 24.4 Å². The Labute approximate surface area is 144 Å². The third kappa shape index (κ3) is 3.70. The molecule has 3 heterocycles. The Morgan fingerprint density at radius 1 is 1.33 bits per heavy atom. The zero-order valence-electron chi connectivity index (χ0n) is 13.6. The van der Waals surface area contributed by atoms with Crippen molar-refractivity contribution in [2.75, 3.05) is 11.9 Å². The van der Waals surface area contributed by atoms with E-state index in [2.05, 4.69) is 20.6 Å². The summed E-state index contributed by atoms with van der Waals surface area (Å²) >= 11 is 1.41. The maximum Gasteiger partial charge on any atom is 0.317 e. The van der Waals surface area contributed by atoms with Gasteiger partial charge in [0.05, 0.1) is 12.2 Å². The smallest absolute Gasteiger partial charge is 0.317 e. The van der Waals surface area contributed by atoms with Crippen molar-refractivity contribution < 1.29 is 9.59 Å². The van der Waals surface area contributed by atoms with Gasteiger partial charge in [0.1, 0.15) is 5.69 Å². The van der Waals surface area contributed by atoms with Gasteiger partial charge in [-0.1, -0.05) is 17.4 Å². The van der Waals surface area contributed by atoms with E-state index >= 15 is 0 Å². The molecule has 1 aliphatic heterocycles. The molecule has 0 unspecified atom stereocenters. The highest BCUT2D eigenvalue weighted by molar-refractivity contribution is 7.15. The highest BCUT2D eigenvalue weighted by Gasteiger charge is 2.25. The van der Waals surface area contributed by atoms with Crippen LogP contribution in [0.2, 0.25) is 0 Å². The third-order valence-corrected chi connectivity index (χ3v) is 4.55. The SMILES string of the molecule is CC(C)NC(=O)N1CCc2nc(NC(=O)c3ccccn3)sc2C1. The Morgan fingerprint density at radius 2 is 2.17 bits per heavy atom. The predicted molar refractivity (Wildman–Crippen MR) is 92.1 cm³/mol. The minimum Gasteiger partial charge on any atom is -0.336 e. The number of carbonyl (C=O) groups excluding carboxylic acids is 2. The molecular weight excluding hydrogens is 326 g/mol. The first-order valence-corrected chi connectivity index (χ1v) is 8.61. The Hall–Kier alpha value is -2.48. The molecule has 126 valence electrons. The molecule has 0 aromatic carbocycles. The lowest BCUT2D eigenvalue weighted by molar-refractivity contribution is 0.102. The second-order valence-corrected chi connectivity index (χ2v) is 6.92. The van der Waals surface area contributed by atoms with Crippen molar-refractivity contribution in [3.05, 3.63) is 40.7 Å². The summed E-state index contributed by atoms with van der Waals surface area (Å²) < 4.78 is 0. The summed E-state index contributed by atoms with van der Waals surface area (Å²) in [6.45, 7) is 5.02. The molecule has 0 fully saturated rings. The minimum atomic E-state index is -0.281. The number of urea groups is 1. The molecule has 7 nitrogen and oxygen atoms in total.